The Morgan fingerprint density at radius 1 is 1.31 bits per heavy atom. The standard InChI is InChI=1S/C13H14O3/c1-2-8-5-9-3-4-10(7-11(9)6-8)12(14)13(15)16/h3-4,7-8H,2,5-6H2,1H3,(H,15,16). The number of ketones is 1. The SMILES string of the molecule is CCC1Cc2ccc(C(=O)C(=O)O)cc2C1. The van der Waals surface area contributed by atoms with Crippen molar-refractivity contribution >= 4 is 11.8 Å². The van der Waals surface area contributed by atoms with Crippen LogP contribution in [0.3, 0.4) is 0 Å². The number of carbonyl (C=O) groups excluding carboxylic acids is 1. The van der Waals surface area contributed by atoms with E-state index in [0.717, 1.165) is 24.8 Å². The van der Waals surface area contributed by atoms with E-state index in [-0.39, 0.29) is 0 Å². The zero-order chi connectivity index (χ0) is 11.7. The zero-order valence-electron chi connectivity index (χ0n) is 9.19. The lowest BCUT2D eigenvalue weighted by Crippen LogP contribution is -2.12. The Bertz CT molecular complexity index is 448. The molecule has 1 aromatic carbocycles. The van der Waals surface area contributed by atoms with Crippen LogP contribution < -0.4 is 0 Å². The lowest BCUT2D eigenvalue weighted by Gasteiger charge is -2.01. The molecule has 1 aliphatic carbocycles. The molecule has 0 saturated carbocycles. The van der Waals surface area contributed by atoms with Gasteiger partial charge in [-0.2, -0.15) is 0 Å². The molecule has 16 heavy (non-hydrogen) atoms. The highest BCUT2D eigenvalue weighted by atomic mass is 16.4. The van der Waals surface area contributed by atoms with Gasteiger partial charge in [-0.05, 0) is 36.0 Å². The van der Waals surface area contributed by atoms with E-state index >= 15 is 0 Å². The van der Waals surface area contributed by atoms with E-state index in [1.807, 2.05) is 6.07 Å². The monoisotopic (exact) mass is 218 g/mol. The van der Waals surface area contributed by atoms with Crippen LogP contribution in [0.5, 0.6) is 0 Å². The van der Waals surface area contributed by atoms with E-state index < -0.39 is 11.8 Å². The van der Waals surface area contributed by atoms with Crippen LogP contribution in [0, 0.1) is 5.92 Å². The van der Waals surface area contributed by atoms with Gasteiger partial charge in [0.2, 0.25) is 0 Å². The highest BCUT2D eigenvalue weighted by Crippen LogP contribution is 2.29. The number of hydrogen-bond acceptors (Lipinski definition) is 2. The largest absolute Gasteiger partial charge is 0.475 e. The Balaban J connectivity index is 2.29. The summed E-state index contributed by atoms with van der Waals surface area (Å²) < 4.78 is 0. The van der Waals surface area contributed by atoms with Gasteiger partial charge in [-0.3, -0.25) is 4.79 Å². The first-order valence-corrected chi connectivity index (χ1v) is 5.51. The number of carboxylic acid groups (broad SMARTS) is 1. The lowest BCUT2D eigenvalue weighted by atomic mass is 10.0. The summed E-state index contributed by atoms with van der Waals surface area (Å²) in [5.74, 6) is -1.56. The van der Waals surface area contributed by atoms with Crippen LogP contribution in [0.2, 0.25) is 0 Å². The first kappa shape index (κ1) is 10.9. The van der Waals surface area contributed by atoms with Crippen LogP contribution in [0.15, 0.2) is 18.2 Å². The van der Waals surface area contributed by atoms with Crippen LogP contribution in [0.1, 0.15) is 34.8 Å². The van der Waals surface area contributed by atoms with Crippen LogP contribution in [0.25, 0.3) is 0 Å². The third-order valence-electron chi connectivity index (χ3n) is 3.26. The molecular formula is C13H14O3. The van der Waals surface area contributed by atoms with Gasteiger partial charge in [-0.25, -0.2) is 4.79 Å². The molecule has 2 rings (SSSR count). The number of hydrogen-bond donors (Lipinski definition) is 1. The summed E-state index contributed by atoms with van der Waals surface area (Å²) in [5.41, 5.74) is 2.69. The Labute approximate surface area is 94.1 Å². The van der Waals surface area contributed by atoms with E-state index in [2.05, 4.69) is 6.92 Å². The van der Waals surface area contributed by atoms with E-state index in [1.165, 1.54) is 5.56 Å². The molecule has 0 spiro atoms. The van der Waals surface area contributed by atoms with Crippen LogP contribution in [0.4, 0.5) is 0 Å². The highest BCUT2D eigenvalue weighted by molar-refractivity contribution is 6.39. The number of Topliss-reactive ketones (excluding diaryl/α,β-unsaturated/α-hetero) is 1. The molecule has 0 fully saturated rings. The van der Waals surface area contributed by atoms with Crippen molar-refractivity contribution < 1.29 is 14.7 Å². The van der Waals surface area contributed by atoms with Gasteiger partial charge in [0, 0.05) is 5.56 Å². The van der Waals surface area contributed by atoms with Crippen LogP contribution >= 0.6 is 0 Å². The normalized spacial score (nSPS) is 18.2. The second-order valence-corrected chi connectivity index (χ2v) is 4.30. The van der Waals surface area contributed by atoms with E-state index in [0.29, 0.717) is 11.5 Å². The third kappa shape index (κ3) is 1.85. The topological polar surface area (TPSA) is 54.4 Å². The maximum absolute atomic E-state index is 11.3. The molecule has 1 aromatic rings. The summed E-state index contributed by atoms with van der Waals surface area (Å²) in [6.45, 7) is 2.15. The van der Waals surface area contributed by atoms with Gasteiger partial charge in [0.25, 0.3) is 5.78 Å². The molecule has 1 unspecified atom stereocenters. The van der Waals surface area contributed by atoms with Gasteiger partial charge in [0.05, 0.1) is 0 Å². The van der Waals surface area contributed by atoms with E-state index in [4.69, 9.17) is 5.11 Å². The summed E-state index contributed by atoms with van der Waals surface area (Å²) in [4.78, 5) is 21.9. The predicted molar refractivity (Wildman–Crippen MR) is 59.6 cm³/mol. The fraction of sp³-hybridized carbons (Fsp3) is 0.385. The first-order valence-electron chi connectivity index (χ1n) is 5.51. The van der Waals surface area contributed by atoms with Gasteiger partial charge in [-0.15, -0.1) is 0 Å². The molecule has 3 heteroatoms. The number of carbonyl (C=O) groups is 2. The highest BCUT2D eigenvalue weighted by Gasteiger charge is 2.22. The van der Waals surface area contributed by atoms with Crippen molar-refractivity contribution in [1.29, 1.82) is 0 Å². The van der Waals surface area contributed by atoms with E-state index in [9.17, 15) is 9.59 Å². The minimum Gasteiger partial charge on any atom is -0.475 e. The van der Waals surface area contributed by atoms with Crippen molar-refractivity contribution in [3.63, 3.8) is 0 Å². The molecule has 0 bridgehead atoms. The number of fused-ring (bicyclic) bond motifs is 1. The Morgan fingerprint density at radius 2 is 2.00 bits per heavy atom. The van der Waals surface area contributed by atoms with Gasteiger partial charge in [0.15, 0.2) is 0 Å². The molecule has 84 valence electrons. The molecule has 0 radical (unpaired) electrons. The van der Waals surface area contributed by atoms with Crippen molar-refractivity contribution in [2.45, 2.75) is 26.2 Å². The Hall–Kier alpha value is -1.64. The van der Waals surface area contributed by atoms with Crippen molar-refractivity contribution in [1.82, 2.24) is 0 Å². The van der Waals surface area contributed by atoms with E-state index in [1.54, 1.807) is 12.1 Å². The fourth-order valence-corrected chi connectivity index (χ4v) is 2.26. The van der Waals surface area contributed by atoms with Crippen molar-refractivity contribution in [3.8, 4) is 0 Å². The molecule has 1 aliphatic rings. The third-order valence-corrected chi connectivity index (χ3v) is 3.26. The van der Waals surface area contributed by atoms with Gasteiger partial charge >= 0.3 is 5.97 Å². The summed E-state index contributed by atoms with van der Waals surface area (Å²) >= 11 is 0. The lowest BCUT2D eigenvalue weighted by molar-refractivity contribution is -0.131. The molecule has 0 aliphatic heterocycles. The number of benzene rings is 1. The first-order chi connectivity index (χ1) is 7.61. The molecule has 1 atom stereocenters. The van der Waals surface area contributed by atoms with Gasteiger partial charge in [-0.1, -0.05) is 25.5 Å². The van der Waals surface area contributed by atoms with Crippen molar-refractivity contribution in [2.24, 2.45) is 5.92 Å². The Morgan fingerprint density at radius 3 is 2.62 bits per heavy atom. The quantitative estimate of drug-likeness (QED) is 0.624. The molecule has 0 saturated heterocycles. The van der Waals surface area contributed by atoms with Gasteiger partial charge in [0.1, 0.15) is 0 Å². The summed E-state index contributed by atoms with van der Waals surface area (Å²) in [6.07, 6.45) is 3.14. The minimum atomic E-state index is -1.38. The maximum Gasteiger partial charge on any atom is 0.377 e. The summed E-state index contributed by atoms with van der Waals surface area (Å²) in [6, 6.07) is 5.25. The average Bonchev–Trinajstić information content (AvgIpc) is 2.69. The number of rotatable bonds is 3. The van der Waals surface area contributed by atoms with Crippen LogP contribution in [-0.4, -0.2) is 16.9 Å². The zero-order valence-corrected chi connectivity index (χ0v) is 9.19. The number of carboxylic acids is 1. The molecule has 0 heterocycles. The molecular weight excluding hydrogens is 204 g/mol. The molecule has 0 amide bonds. The van der Waals surface area contributed by atoms with Crippen LogP contribution in [-0.2, 0) is 17.6 Å². The summed E-state index contributed by atoms with van der Waals surface area (Å²) in [5, 5.41) is 8.63. The molecule has 3 nitrogen and oxygen atoms in total. The fourth-order valence-electron chi connectivity index (χ4n) is 2.26. The smallest absolute Gasteiger partial charge is 0.377 e. The molecule has 1 N–H and O–H groups in total. The molecule has 0 aromatic heterocycles. The average molecular weight is 218 g/mol. The summed E-state index contributed by atoms with van der Waals surface area (Å²) in [7, 11) is 0. The second-order valence-electron chi connectivity index (χ2n) is 4.30. The second kappa shape index (κ2) is 4.08. The van der Waals surface area contributed by atoms with Crippen molar-refractivity contribution in [2.75, 3.05) is 0 Å². The predicted octanol–water partition coefficient (Wildman–Crippen LogP) is 2.08. The number of aliphatic carboxylic acids is 1. The maximum atomic E-state index is 11.3. The minimum absolute atomic E-state index is 0.294. The Kier molecular flexibility index (Phi) is 2.77. The van der Waals surface area contributed by atoms with Crippen molar-refractivity contribution in [3.05, 3.63) is 34.9 Å². The van der Waals surface area contributed by atoms with Gasteiger partial charge < -0.3 is 5.11 Å².